The largest absolute Gasteiger partial charge is 0.481 e. The van der Waals surface area contributed by atoms with Crippen molar-refractivity contribution in [1.29, 1.82) is 0 Å². The van der Waals surface area contributed by atoms with Crippen LogP contribution in [0, 0.1) is 13.8 Å². The lowest BCUT2D eigenvalue weighted by molar-refractivity contribution is -0.122. The normalized spacial score (nSPS) is 11.5. The van der Waals surface area contributed by atoms with Crippen molar-refractivity contribution in [1.82, 2.24) is 4.90 Å². The second-order valence-corrected chi connectivity index (χ2v) is 7.71. The van der Waals surface area contributed by atoms with Gasteiger partial charge in [-0.1, -0.05) is 54.6 Å². The van der Waals surface area contributed by atoms with Gasteiger partial charge >= 0.3 is 0 Å². The van der Waals surface area contributed by atoms with E-state index >= 15 is 0 Å². The third-order valence-electron chi connectivity index (χ3n) is 5.04. The fourth-order valence-electron chi connectivity index (χ4n) is 3.23. The van der Waals surface area contributed by atoms with E-state index in [9.17, 15) is 9.59 Å². The lowest BCUT2D eigenvalue weighted by Gasteiger charge is -2.21. The molecular weight excluding hydrogens is 388 g/mol. The molecule has 2 amide bonds. The number of benzene rings is 3. The number of rotatable bonds is 7. The van der Waals surface area contributed by atoms with Crippen LogP contribution >= 0.6 is 0 Å². The Labute approximate surface area is 183 Å². The SMILES string of the molecule is Cc1ccc(C)c(OC(C)C(=O)Nc2ccccc2C(=O)N(C)Cc2ccccc2)c1. The van der Waals surface area contributed by atoms with Crippen LogP contribution < -0.4 is 10.1 Å². The summed E-state index contributed by atoms with van der Waals surface area (Å²) in [6.45, 7) is 6.10. The number of carbonyl (C=O) groups is 2. The highest BCUT2D eigenvalue weighted by molar-refractivity contribution is 6.04. The number of nitrogens with one attached hydrogen (secondary N) is 1. The van der Waals surface area contributed by atoms with Gasteiger partial charge in [0.1, 0.15) is 5.75 Å². The molecule has 160 valence electrons. The minimum absolute atomic E-state index is 0.164. The number of para-hydroxylation sites is 1. The van der Waals surface area contributed by atoms with E-state index in [-0.39, 0.29) is 11.8 Å². The van der Waals surface area contributed by atoms with Gasteiger partial charge in [0, 0.05) is 13.6 Å². The number of ether oxygens (including phenoxy) is 1. The van der Waals surface area contributed by atoms with Gasteiger partial charge in [-0.2, -0.15) is 0 Å². The van der Waals surface area contributed by atoms with Crippen LogP contribution in [0.2, 0.25) is 0 Å². The Balaban J connectivity index is 1.71. The van der Waals surface area contributed by atoms with Crippen LogP contribution in [0.1, 0.15) is 34.0 Å². The number of anilines is 1. The smallest absolute Gasteiger partial charge is 0.265 e. The molecule has 5 nitrogen and oxygen atoms in total. The van der Waals surface area contributed by atoms with E-state index in [0.717, 1.165) is 16.7 Å². The first-order valence-corrected chi connectivity index (χ1v) is 10.3. The molecule has 3 aromatic rings. The molecule has 3 rings (SSSR count). The Morgan fingerprint density at radius 2 is 1.65 bits per heavy atom. The van der Waals surface area contributed by atoms with Crippen molar-refractivity contribution in [3.8, 4) is 5.75 Å². The zero-order valence-corrected chi connectivity index (χ0v) is 18.4. The van der Waals surface area contributed by atoms with Crippen LogP contribution in [-0.4, -0.2) is 29.9 Å². The van der Waals surface area contributed by atoms with Gasteiger partial charge < -0.3 is 15.0 Å². The van der Waals surface area contributed by atoms with Gasteiger partial charge in [0.25, 0.3) is 11.8 Å². The Morgan fingerprint density at radius 1 is 0.968 bits per heavy atom. The fourth-order valence-corrected chi connectivity index (χ4v) is 3.23. The van der Waals surface area contributed by atoms with E-state index in [2.05, 4.69) is 5.32 Å². The molecule has 1 N–H and O–H groups in total. The average Bonchev–Trinajstić information content (AvgIpc) is 2.76. The van der Waals surface area contributed by atoms with E-state index in [1.807, 2.05) is 62.4 Å². The first-order chi connectivity index (χ1) is 14.8. The molecule has 31 heavy (non-hydrogen) atoms. The molecule has 1 unspecified atom stereocenters. The van der Waals surface area contributed by atoms with E-state index < -0.39 is 6.10 Å². The lowest BCUT2D eigenvalue weighted by atomic mass is 10.1. The van der Waals surface area contributed by atoms with Crippen molar-refractivity contribution in [2.75, 3.05) is 12.4 Å². The van der Waals surface area contributed by atoms with Crippen molar-refractivity contribution in [3.05, 3.63) is 95.1 Å². The van der Waals surface area contributed by atoms with Gasteiger partial charge in [-0.25, -0.2) is 0 Å². The summed E-state index contributed by atoms with van der Waals surface area (Å²) >= 11 is 0. The fraction of sp³-hybridized carbons (Fsp3) is 0.231. The minimum atomic E-state index is -0.717. The molecule has 0 spiro atoms. The first-order valence-electron chi connectivity index (χ1n) is 10.3. The maximum Gasteiger partial charge on any atom is 0.265 e. The summed E-state index contributed by atoms with van der Waals surface area (Å²) in [5, 5.41) is 2.85. The summed E-state index contributed by atoms with van der Waals surface area (Å²) in [6, 6.07) is 22.7. The van der Waals surface area contributed by atoms with Crippen LogP contribution in [0.3, 0.4) is 0 Å². The molecule has 5 heteroatoms. The van der Waals surface area contributed by atoms with Gasteiger partial charge in [0.2, 0.25) is 0 Å². The predicted molar refractivity (Wildman–Crippen MR) is 123 cm³/mol. The van der Waals surface area contributed by atoms with Gasteiger partial charge in [-0.3, -0.25) is 9.59 Å². The second-order valence-electron chi connectivity index (χ2n) is 7.71. The highest BCUT2D eigenvalue weighted by atomic mass is 16.5. The zero-order valence-electron chi connectivity index (χ0n) is 18.4. The number of hydrogen-bond acceptors (Lipinski definition) is 3. The Morgan fingerprint density at radius 3 is 2.39 bits per heavy atom. The number of amides is 2. The van der Waals surface area contributed by atoms with Crippen molar-refractivity contribution >= 4 is 17.5 Å². The molecule has 0 aromatic heterocycles. The van der Waals surface area contributed by atoms with Crippen molar-refractivity contribution < 1.29 is 14.3 Å². The van der Waals surface area contributed by atoms with Crippen LogP contribution in [-0.2, 0) is 11.3 Å². The number of nitrogens with zero attached hydrogens (tertiary/aromatic N) is 1. The summed E-state index contributed by atoms with van der Waals surface area (Å²) in [6.07, 6.45) is -0.717. The first kappa shape index (κ1) is 22.1. The summed E-state index contributed by atoms with van der Waals surface area (Å²) in [7, 11) is 1.75. The van der Waals surface area contributed by atoms with Crippen LogP contribution in [0.5, 0.6) is 5.75 Å². The topological polar surface area (TPSA) is 58.6 Å². The van der Waals surface area contributed by atoms with Gasteiger partial charge in [-0.15, -0.1) is 0 Å². The summed E-state index contributed by atoms with van der Waals surface area (Å²) in [4.78, 5) is 27.5. The molecule has 3 aromatic carbocycles. The van der Waals surface area contributed by atoms with Crippen molar-refractivity contribution in [3.63, 3.8) is 0 Å². The molecule has 0 aliphatic carbocycles. The highest BCUT2D eigenvalue weighted by Crippen LogP contribution is 2.22. The zero-order chi connectivity index (χ0) is 22.4. The van der Waals surface area contributed by atoms with E-state index in [1.54, 1.807) is 43.1 Å². The lowest BCUT2D eigenvalue weighted by Crippen LogP contribution is -2.32. The van der Waals surface area contributed by atoms with Crippen molar-refractivity contribution in [2.45, 2.75) is 33.4 Å². The van der Waals surface area contributed by atoms with Crippen LogP contribution in [0.25, 0.3) is 0 Å². The molecule has 0 heterocycles. The second kappa shape index (κ2) is 9.94. The van der Waals surface area contributed by atoms with E-state index in [0.29, 0.717) is 23.5 Å². The Kier molecular flexibility index (Phi) is 7.08. The van der Waals surface area contributed by atoms with Crippen LogP contribution in [0.4, 0.5) is 5.69 Å². The van der Waals surface area contributed by atoms with E-state index in [1.165, 1.54) is 0 Å². The molecular formula is C26H28N2O3. The summed E-state index contributed by atoms with van der Waals surface area (Å²) in [5.74, 6) is 0.198. The van der Waals surface area contributed by atoms with Crippen molar-refractivity contribution in [2.24, 2.45) is 0 Å². The number of aryl methyl sites for hydroxylation is 2. The standard InChI is InChI=1S/C26H28N2O3/c1-18-14-15-19(2)24(16-18)31-20(3)25(29)27-23-13-9-8-12-22(23)26(30)28(4)17-21-10-6-5-7-11-21/h5-16,20H,17H2,1-4H3,(H,27,29). The molecule has 0 bridgehead atoms. The average molecular weight is 417 g/mol. The maximum absolute atomic E-state index is 13.0. The van der Waals surface area contributed by atoms with E-state index in [4.69, 9.17) is 4.74 Å². The van der Waals surface area contributed by atoms with Gasteiger partial charge in [-0.05, 0) is 55.7 Å². The number of hydrogen-bond donors (Lipinski definition) is 1. The van der Waals surface area contributed by atoms with Gasteiger partial charge in [0.05, 0.1) is 11.3 Å². The van der Waals surface area contributed by atoms with Crippen LogP contribution in [0.15, 0.2) is 72.8 Å². The number of carbonyl (C=O) groups excluding carboxylic acids is 2. The Hall–Kier alpha value is -3.60. The van der Waals surface area contributed by atoms with Gasteiger partial charge in [0.15, 0.2) is 6.10 Å². The molecule has 0 aliphatic rings. The summed E-state index contributed by atoms with van der Waals surface area (Å²) in [5.41, 5.74) is 3.96. The molecule has 0 fully saturated rings. The maximum atomic E-state index is 13.0. The quantitative estimate of drug-likeness (QED) is 0.591. The Bertz CT molecular complexity index is 1060. The third-order valence-corrected chi connectivity index (χ3v) is 5.04. The highest BCUT2D eigenvalue weighted by Gasteiger charge is 2.21. The minimum Gasteiger partial charge on any atom is -0.481 e. The third kappa shape index (κ3) is 5.72. The molecule has 1 atom stereocenters. The monoisotopic (exact) mass is 416 g/mol. The molecule has 0 aliphatic heterocycles. The molecule has 0 radical (unpaired) electrons. The predicted octanol–water partition coefficient (Wildman–Crippen LogP) is 4.98. The molecule has 0 saturated carbocycles. The molecule has 0 saturated heterocycles. The summed E-state index contributed by atoms with van der Waals surface area (Å²) < 4.78 is 5.88.